The van der Waals surface area contributed by atoms with Gasteiger partial charge in [-0.05, 0) is 13.8 Å². The monoisotopic (exact) mass is 183 g/mol. The molecule has 0 aliphatic heterocycles. The van der Waals surface area contributed by atoms with Gasteiger partial charge in [-0.3, -0.25) is 0 Å². The maximum absolute atomic E-state index is 8.80. The fraction of sp³-hybridized carbons (Fsp3) is 0.667. The van der Waals surface area contributed by atoms with E-state index >= 15 is 0 Å². The smallest absolute Gasteiger partial charge is 0.0948 e. The summed E-state index contributed by atoms with van der Waals surface area (Å²) in [5, 5.41) is 12.0. The quantitative estimate of drug-likeness (QED) is 0.693. The molecule has 0 saturated heterocycles. The molecule has 0 bridgehead atoms. The maximum atomic E-state index is 8.80. The Morgan fingerprint density at radius 3 is 3.08 bits per heavy atom. The Labute approximate surface area is 78.6 Å². The average molecular weight is 183 g/mol. The molecule has 0 aliphatic carbocycles. The summed E-state index contributed by atoms with van der Waals surface area (Å²) >= 11 is 0. The van der Waals surface area contributed by atoms with Crippen molar-refractivity contribution in [2.24, 2.45) is 0 Å². The lowest BCUT2D eigenvalue weighted by atomic mass is 10.3. The van der Waals surface area contributed by atoms with E-state index in [4.69, 9.17) is 5.11 Å². The first-order valence-corrected chi connectivity index (χ1v) is 4.61. The molecule has 4 heteroatoms. The zero-order valence-electron chi connectivity index (χ0n) is 8.20. The van der Waals surface area contributed by atoms with Gasteiger partial charge in [0.05, 0.1) is 18.6 Å². The molecule has 1 aromatic heterocycles. The van der Waals surface area contributed by atoms with Gasteiger partial charge in [-0.25, -0.2) is 4.98 Å². The first-order chi connectivity index (χ1) is 6.27. The van der Waals surface area contributed by atoms with Crippen LogP contribution >= 0.6 is 0 Å². The van der Waals surface area contributed by atoms with Gasteiger partial charge in [0.1, 0.15) is 0 Å². The van der Waals surface area contributed by atoms with Gasteiger partial charge in [0, 0.05) is 25.3 Å². The van der Waals surface area contributed by atoms with Crippen LogP contribution in [-0.4, -0.2) is 27.3 Å². The number of hydrogen-bond acceptors (Lipinski definition) is 3. The van der Waals surface area contributed by atoms with E-state index in [0.29, 0.717) is 0 Å². The molecule has 1 aromatic rings. The number of nitrogens with one attached hydrogen (secondary N) is 1. The standard InChI is InChI=1S/C9H17N3O/c1-3-12-7-10-4-9(12)5-11-8(2)6-13/h4,7-8,11,13H,3,5-6H2,1-2H3/t8-/m1/s1. The molecule has 0 radical (unpaired) electrons. The van der Waals surface area contributed by atoms with Crippen LogP contribution < -0.4 is 5.32 Å². The summed E-state index contributed by atoms with van der Waals surface area (Å²) in [6.45, 7) is 5.90. The SMILES string of the molecule is CCn1cncc1CN[C@H](C)CO. The molecule has 0 aromatic carbocycles. The molecule has 0 saturated carbocycles. The van der Waals surface area contributed by atoms with Crippen molar-refractivity contribution in [2.75, 3.05) is 6.61 Å². The van der Waals surface area contributed by atoms with Crippen molar-refractivity contribution in [1.82, 2.24) is 14.9 Å². The largest absolute Gasteiger partial charge is 0.395 e. The Morgan fingerprint density at radius 2 is 2.46 bits per heavy atom. The van der Waals surface area contributed by atoms with Gasteiger partial charge >= 0.3 is 0 Å². The fourth-order valence-electron chi connectivity index (χ4n) is 1.12. The van der Waals surface area contributed by atoms with Gasteiger partial charge in [0.2, 0.25) is 0 Å². The van der Waals surface area contributed by atoms with Gasteiger partial charge in [0.15, 0.2) is 0 Å². The lowest BCUT2D eigenvalue weighted by molar-refractivity contribution is 0.250. The molecule has 2 N–H and O–H groups in total. The van der Waals surface area contributed by atoms with Gasteiger partial charge in [-0.15, -0.1) is 0 Å². The Kier molecular flexibility index (Phi) is 3.92. The van der Waals surface area contributed by atoms with Crippen molar-refractivity contribution in [1.29, 1.82) is 0 Å². The molecular formula is C9H17N3O. The lowest BCUT2D eigenvalue weighted by Gasteiger charge is -2.11. The van der Waals surface area contributed by atoms with Crippen LogP contribution in [0.15, 0.2) is 12.5 Å². The third-order valence-electron chi connectivity index (χ3n) is 2.04. The Bertz CT molecular complexity index is 247. The van der Waals surface area contributed by atoms with E-state index in [1.807, 2.05) is 19.4 Å². The van der Waals surface area contributed by atoms with Crippen LogP contribution in [0.25, 0.3) is 0 Å². The first-order valence-electron chi connectivity index (χ1n) is 4.61. The number of imidazole rings is 1. The number of aryl methyl sites for hydroxylation is 1. The van der Waals surface area contributed by atoms with E-state index < -0.39 is 0 Å². The number of nitrogens with zero attached hydrogens (tertiary/aromatic N) is 2. The minimum absolute atomic E-state index is 0.139. The molecule has 0 unspecified atom stereocenters. The van der Waals surface area contributed by atoms with Crippen LogP contribution in [0.1, 0.15) is 19.5 Å². The van der Waals surface area contributed by atoms with Gasteiger partial charge in [-0.1, -0.05) is 0 Å². The highest BCUT2D eigenvalue weighted by molar-refractivity contribution is 4.97. The summed E-state index contributed by atoms with van der Waals surface area (Å²) in [6, 6.07) is 0.139. The molecule has 0 aliphatic rings. The van der Waals surface area contributed by atoms with E-state index in [-0.39, 0.29) is 12.6 Å². The van der Waals surface area contributed by atoms with Gasteiger partial charge < -0.3 is 15.0 Å². The number of aliphatic hydroxyl groups is 1. The van der Waals surface area contributed by atoms with Crippen molar-refractivity contribution >= 4 is 0 Å². The first kappa shape index (κ1) is 10.2. The summed E-state index contributed by atoms with van der Waals surface area (Å²) in [4.78, 5) is 4.06. The number of hydrogen-bond donors (Lipinski definition) is 2. The van der Waals surface area contributed by atoms with Crippen LogP contribution in [0.4, 0.5) is 0 Å². The van der Waals surface area contributed by atoms with Crippen LogP contribution in [0.5, 0.6) is 0 Å². The minimum Gasteiger partial charge on any atom is -0.395 e. The minimum atomic E-state index is 0.139. The van der Waals surface area contributed by atoms with Crippen molar-refractivity contribution in [3.63, 3.8) is 0 Å². The molecule has 1 heterocycles. The molecule has 74 valence electrons. The van der Waals surface area contributed by atoms with Crippen LogP contribution in [-0.2, 0) is 13.1 Å². The van der Waals surface area contributed by atoms with Crippen molar-refractivity contribution in [2.45, 2.75) is 33.0 Å². The van der Waals surface area contributed by atoms with E-state index in [1.165, 1.54) is 0 Å². The zero-order valence-corrected chi connectivity index (χ0v) is 8.20. The second kappa shape index (κ2) is 4.99. The van der Waals surface area contributed by atoms with Crippen LogP contribution in [0, 0.1) is 0 Å². The predicted molar refractivity (Wildman–Crippen MR) is 51.3 cm³/mol. The van der Waals surface area contributed by atoms with Gasteiger partial charge in [-0.2, -0.15) is 0 Å². The third kappa shape index (κ3) is 2.82. The second-order valence-electron chi connectivity index (χ2n) is 3.14. The van der Waals surface area contributed by atoms with E-state index in [1.54, 1.807) is 0 Å². The molecular weight excluding hydrogens is 166 g/mol. The normalized spacial score (nSPS) is 13.2. The number of aromatic nitrogens is 2. The summed E-state index contributed by atoms with van der Waals surface area (Å²) in [5.41, 5.74) is 1.16. The summed E-state index contributed by atoms with van der Waals surface area (Å²) in [5.74, 6) is 0. The zero-order chi connectivity index (χ0) is 9.68. The molecule has 0 spiro atoms. The van der Waals surface area contributed by atoms with E-state index in [9.17, 15) is 0 Å². The molecule has 1 atom stereocenters. The number of rotatable bonds is 5. The number of aliphatic hydroxyl groups excluding tert-OH is 1. The Hall–Kier alpha value is -0.870. The average Bonchev–Trinajstić information content (AvgIpc) is 2.61. The summed E-state index contributed by atoms with van der Waals surface area (Å²) in [6.07, 6.45) is 3.67. The molecule has 0 amide bonds. The van der Waals surface area contributed by atoms with E-state index in [2.05, 4.69) is 21.8 Å². The topological polar surface area (TPSA) is 50.1 Å². The predicted octanol–water partition coefficient (Wildman–Crippen LogP) is 0.373. The van der Waals surface area contributed by atoms with Crippen LogP contribution in [0.3, 0.4) is 0 Å². The van der Waals surface area contributed by atoms with Crippen LogP contribution in [0.2, 0.25) is 0 Å². The van der Waals surface area contributed by atoms with Crippen molar-refractivity contribution < 1.29 is 5.11 Å². The summed E-state index contributed by atoms with van der Waals surface area (Å²) < 4.78 is 2.08. The Balaban J connectivity index is 2.44. The van der Waals surface area contributed by atoms with Crippen molar-refractivity contribution in [3.8, 4) is 0 Å². The van der Waals surface area contributed by atoms with E-state index in [0.717, 1.165) is 18.8 Å². The fourth-order valence-corrected chi connectivity index (χ4v) is 1.12. The summed E-state index contributed by atoms with van der Waals surface area (Å²) in [7, 11) is 0. The highest BCUT2D eigenvalue weighted by atomic mass is 16.3. The van der Waals surface area contributed by atoms with Crippen molar-refractivity contribution in [3.05, 3.63) is 18.2 Å². The Morgan fingerprint density at radius 1 is 1.69 bits per heavy atom. The second-order valence-corrected chi connectivity index (χ2v) is 3.14. The highest BCUT2D eigenvalue weighted by Crippen LogP contribution is 1.98. The third-order valence-corrected chi connectivity index (χ3v) is 2.04. The lowest BCUT2D eigenvalue weighted by Crippen LogP contribution is -2.29. The molecule has 1 rings (SSSR count). The molecule has 0 fully saturated rings. The molecule has 4 nitrogen and oxygen atoms in total. The maximum Gasteiger partial charge on any atom is 0.0948 e. The highest BCUT2D eigenvalue weighted by Gasteiger charge is 2.02. The van der Waals surface area contributed by atoms with Gasteiger partial charge in [0.25, 0.3) is 0 Å². The molecule has 13 heavy (non-hydrogen) atoms.